The molecule has 1 atom stereocenters. The summed E-state index contributed by atoms with van der Waals surface area (Å²) in [4.78, 5) is 15.1. The molecule has 2 aliphatic heterocycles. The highest BCUT2D eigenvalue weighted by atomic mass is 35.5. The maximum Gasteiger partial charge on any atom is 0.226 e. The summed E-state index contributed by atoms with van der Waals surface area (Å²) in [6.45, 7) is 2.93. The molecule has 2 saturated heterocycles. The monoisotopic (exact) mass is 417 g/mol. The first-order valence-corrected chi connectivity index (χ1v) is 10.9. The van der Waals surface area contributed by atoms with Gasteiger partial charge in [0.05, 0.1) is 19.4 Å². The largest absolute Gasteiger partial charge is 0.496 e. The predicted molar refractivity (Wildman–Crippen MR) is 107 cm³/mol. The van der Waals surface area contributed by atoms with Crippen molar-refractivity contribution in [3.63, 3.8) is 0 Å². The van der Waals surface area contributed by atoms with Crippen molar-refractivity contribution in [2.24, 2.45) is 5.92 Å². The maximum atomic E-state index is 13.2. The third-order valence-corrected chi connectivity index (χ3v) is 6.60. The van der Waals surface area contributed by atoms with Crippen LogP contribution in [0, 0.1) is 5.92 Å². The van der Waals surface area contributed by atoms with Crippen molar-refractivity contribution in [1.29, 1.82) is 0 Å². The number of methoxy groups -OCH3 is 1. The Morgan fingerprint density at radius 1 is 1.19 bits per heavy atom. The first-order valence-electron chi connectivity index (χ1n) is 9.01. The van der Waals surface area contributed by atoms with Gasteiger partial charge in [-0.3, -0.25) is 4.79 Å². The van der Waals surface area contributed by atoms with Gasteiger partial charge in [-0.1, -0.05) is 18.2 Å². The molecule has 0 aliphatic carbocycles. The molecule has 0 aromatic heterocycles. The van der Waals surface area contributed by atoms with E-state index in [2.05, 4.69) is 5.32 Å². The van der Waals surface area contributed by atoms with Gasteiger partial charge in [0, 0.05) is 44.2 Å². The zero-order valence-electron chi connectivity index (χ0n) is 15.8. The first kappa shape index (κ1) is 21.9. The van der Waals surface area contributed by atoms with Crippen LogP contribution >= 0.6 is 12.4 Å². The quantitative estimate of drug-likeness (QED) is 0.797. The molecule has 1 unspecified atom stereocenters. The number of rotatable bonds is 4. The number of carbonyl (C=O) groups excluding carboxylic acids is 1. The summed E-state index contributed by atoms with van der Waals surface area (Å²) >= 11 is 0. The lowest BCUT2D eigenvalue weighted by Crippen LogP contribution is -2.52. The molecule has 1 aromatic carbocycles. The number of piperidine rings is 1. The van der Waals surface area contributed by atoms with Crippen LogP contribution < -0.4 is 10.1 Å². The van der Waals surface area contributed by atoms with E-state index in [1.165, 1.54) is 10.6 Å². The van der Waals surface area contributed by atoms with Crippen molar-refractivity contribution in [2.45, 2.75) is 18.9 Å². The van der Waals surface area contributed by atoms with Crippen LogP contribution in [0.15, 0.2) is 24.3 Å². The summed E-state index contributed by atoms with van der Waals surface area (Å²) in [6.07, 6.45) is 2.38. The molecular weight excluding hydrogens is 390 g/mol. The van der Waals surface area contributed by atoms with Gasteiger partial charge in [-0.2, -0.15) is 0 Å². The molecule has 27 heavy (non-hydrogen) atoms. The van der Waals surface area contributed by atoms with Crippen LogP contribution in [0.3, 0.4) is 0 Å². The molecule has 152 valence electrons. The SMILES string of the molecule is COc1ccccc1C1CNCCN1C(=O)C1CCN(S(C)(=O)=O)CC1.Cl. The minimum absolute atomic E-state index is 0. The van der Waals surface area contributed by atoms with E-state index in [1.54, 1.807) is 7.11 Å². The highest BCUT2D eigenvalue weighted by Crippen LogP contribution is 2.32. The van der Waals surface area contributed by atoms with Gasteiger partial charge in [-0.15, -0.1) is 12.4 Å². The minimum atomic E-state index is -3.18. The summed E-state index contributed by atoms with van der Waals surface area (Å²) < 4.78 is 30.3. The lowest BCUT2D eigenvalue weighted by molar-refractivity contribution is -0.140. The number of nitrogens with one attached hydrogen (secondary N) is 1. The molecule has 0 radical (unpaired) electrons. The Morgan fingerprint density at radius 3 is 2.48 bits per heavy atom. The number of carbonyl (C=O) groups is 1. The summed E-state index contributed by atoms with van der Waals surface area (Å²) in [7, 11) is -1.54. The number of halogens is 1. The Hall–Kier alpha value is -1.35. The molecule has 0 spiro atoms. The molecule has 7 nitrogen and oxygen atoms in total. The average Bonchev–Trinajstić information content (AvgIpc) is 2.67. The van der Waals surface area contributed by atoms with Crippen LogP contribution in [0.2, 0.25) is 0 Å². The number of hydrogen-bond donors (Lipinski definition) is 1. The van der Waals surface area contributed by atoms with Crippen LogP contribution in [-0.4, -0.2) is 69.6 Å². The molecule has 0 bridgehead atoms. The van der Waals surface area contributed by atoms with E-state index in [-0.39, 0.29) is 30.3 Å². The van der Waals surface area contributed by atoms with E-state index in [0.29, 0.717) is 39.0 Å². The Labute approximate surface area is 167 Å². The second-order valence-corrected chi connectivity index (χ2v) is 8.91. The molecule has 1 amide bonds. The van der Waals surface area contributed by atoms with Crippen molar-refractivity contribution in [1.82, 2.24) is 14.5 Å². The molecule has 9 heteroatoms. The zero-order chi connectivity index (χ0) is 18.7. The van der Waals surface area contributed by atoms with Crippen LogP contribution in [0.25, 0.3) is 0 Å². The number of benzene rings is 1. The molecule has 1 aromatic rings. The third-order valence-electron chi connectivity index (χ3n) is 5.30. The Morgan fingerprint density at radius 2 is 1.85 bits per heavy atom. The third kappa shape index (κ3) is 4.93. The second kappa shape index (κ2) is 9.23. The van der Waals surface area contributed by atoms with Crippen LogP contribution in [0.5, 0.6) is 5.75 Å². The molecule has 3 rings (SSSR count). The highest BCUT2D eigenvalue weighted by Gasteiger charge is 2.36. The molecular formula is C18H28ClN3O4S. The topological polar surface area (TPSA) is 79.0 Å². The Balaban J connectivity index is 0.00000261. The first-order chi connectivity index (χ1) is 12.4. The van der Waals surface area contributed by atoms with E-state index >= 15 is 0 Å². The standard InChI is InChI=1S/C18H27N3O4S.ClH/c1-25-17-6-4-3-5-15(17)16-13-19-9-12-21(16)18(22)14-7-10-20(11-8-14)26(2,23)24;/h3-6,14,16,19H,7-13H2,1-2H3;1H. The number of ether oxygens (including phenoxy) is 1. The van der Waals surface area contributed by atoms with Gasteiger partial charge in [-0.25, -0.2) is 12.7 Å². The zero-order valence-corrected chi connectivity index (χ0v) is 17.4. The molecule has 0 saturated carbocycles. The maximum absolute atomic E-state index is 13.2. The average molecular weight is 418 g/mol. The summed E-state index contributed by atoms with van der Waals surface area (Å²) in [5, 5.41) is 3.36. The van der Waals surface area contributed by atoms with Crippen molar-refractivity contribution >= 4 is 28.3 Å². The predicted octanol–water partition coefficient (Wildman–Crippen LogP) is 1.26. The fourth-order valence-electron chi connectivity index (χ4n) is 3.86. The van der Waals surface area contributed by atoms with Gasteiger partial charge < -0.3 is 15.0 Å². The fourth-order valence-corrected chi connectivity index (χ4v) is 4.73. The molecule has 2 fully saturated rings. The van der Waals surface area contributed by atoms with E-state index in [0.717, 1.165) is 17.9 Å². The van der Waals surface area contributed by atoms with E-state index < -0.39 is 10.0 Å². The van der Waals surface area contributed by atoms with Crippen molar-refractivity contribution in [2.75, 3.05) is 46.1 Å². The van der Waals surface area contributed by atoms with E-state index in [4.69, 9.17) is 4.74 Å². The van der Waals surface area contributed by atoms with Gasteiger partial charge in [0.2, 0.25) is 15.9 Å². The van der Waals surface area contributed by atoms with E-state index in [9.17, 15) is 13.2 Å². The van der Waals surface area contributed by atoms with Gasteiger partial charge in [-0.05, 0) is 18.9 Å². The normalized spacial score (nSPS) is 22.1. The fraction of sp³-hybridized carbons (Fsp3) is 0.611. The number of sulfonamides is 1. The number of para-hydroxylation sites is 1. The number of piperazine rings is 1. The van der Waals surface area contributed by atoms with Gasteiger partial charge >= 0.3 is 0 Å². The summed E-state index contributed by atoms with van der Waals surface area (Å²) in [6, 6.07) is 7.73. The van der Waals surface area contributed by atoms with E-state index in [1.807, 2.05) is 29.2 Å². The summed E-state index contributed by atoms with van der Waals surface area (Å²) in [5.74, 6) is 0.782. The number of nitrogens with zero attached hydrogens (tertiary/aromatic N) is 2. The van der Waals surface area contributed by atoms with Gasteiger partial charge in [0.1, 0.15) is 5.75 Å². The molecule has 2 aliphatic rings. The van der Waals surface area contributed by atoms with Gasteiger partial charge in [0.25, 0.3) is 0 Å². The lowest BCUT2D eigenvalue weighted by Gasteiger charge is -2.40. The van der Waals surface area contributed by atoms with Crippen LogP contribution in [0.1, 0.15) is 24.4 Å². The molecule has 1 N–H and O–H groups in total. The van der Waals surface area contributed by atoms with Crippen molar-refractivity contribution < 1.29 is 17.9 Å². The summed E-state index contributed by atoms with van der Waals surface area (Å²) in [5.41, 5.74) is 1.00. The smallest absolute Gasteiger partial charge is 0.226 e. The Kier molecular flexibility index (Phi) is 7.50. The second-order valence-electron chi connectivity index (χ2n) is 6.93. The van der Waals surface area contributed by atoms with Crippen LogP contribution in [0.4, 0.5) is 0 Å². The van der Waals surface area contributed by atoms with Gasteiger partial charge in [0.15, 0.2) is 0 Å². The number of hydrogen-bond acceptors (Lipinski definition) is 5. The number of amides is 1. The highest BCUT2D eigenvalue weighted by molar-refractivity contribution is 7.88. The Bertz CT molecular complexity index is 751. The van der Waals surface area contributed by atoms with Crippen molar-refractivity contribution in [3.8, 4) is 5.75 Å². The minimum Gasteiger partial charge on any atom is -0.496 e. The molecule has 2 heterocycles. The lowest BCUT2D eigenvalue weighted by atomic mass is 9.93. The van der Waals surface area contributed by atoms with Crippen molar-refractivity contribution in [3.05, 3.63) is 29.8 Å². The van der Waals surface area contributed by atoms with Crippen LogP contribution in [-0.2, 0) is 14.8 Å².